The number of fused-ring (bicyclic) bond motifs is 1. The van der Waals surface area contributed by atoms with Gasteiger partial charge in [0.15, 0.2) is 0 Å². The Kier molecular flexibility index (Phi) is 5.80. The molecular formula is C23H18Cl2N2O2S. The van der Waals surface area contributed by atoms with Crippen LogP contribution in [-0.2, 0) is 16.6 Å². The molecule has 1 aromatic heterocycles. The van der Waals surface area contributed by atoms with Crippen LogP contribution in [0, 0.1) is 6.92 Å². The van der Waals surface area contributed by atoms with E-state index < -0.39 is 10.0 Å². The lowest BCUT2D eigenvalue weighted by Gasteiger charge is -2.12. The number of aromatic nitrogens is 1. The Bertz CT molecular complexity index is 1350. The van der Waals surface area contributed by atoms with Gasteiger partial charge < -0.3 is 0 Å². The monoisotopic (exact) mass is 456 g/mol. The number of para-hydroxylation sites is 1. The summed E-state index contributed by atoms with van der Waals surface area (Å²) in [6, 6.07) is 19.7. The Balaban J connectivity index is 1.60. The van der Waals surface area contributed by atoms with Gasteiger partial charge in [-0.15, -0.1) is 0 Å². The predicted molar refractivity (Wildman–Crippen MR) is 122 cm³/mol. The molecule has 3 aromatic carbocycles. The second-order valence-corrected chi connectivity index (χ2v) is 9.52. The fourth-order valence-corrected chi connectivity index (χ4v) is 4.98. The second kappa shape index (κ2) is 8.36. The molecule has 4 aromatic rings. The number of hydrogen-bond acceptors (Lipinski definition) is 3. The van der Waals surface area contributed by atoms with Crippen LogP contribution in [0.25, 0.3) is 22.0 Å². The standard InChI is InChI=1S/C23H18Cl2N2O2S/c1-15-12-18(7-9-19(15)21-8-6-17(24)13-22(21)25)30(28,29)27-14-16-10-11-26-23-5-3-2-4-20(16)23/h2-13,27H,14H2,1H3. The normalized spacial score (nSPS) is 11.7. The molecule has 0 aliphatic carbocycles. The van der Waals surface area contributed by atoms with Crippen molar-refractivity contribution in [1.82, 2.24) is 9.71 Å². The summed E-state index contributed by atoms with van der Waals surface area (Å²) in [5, 5.41) is 1.99. The third-order valence-electron chi connectivity index (χ3n) is 4.92. The van der Waals surface area contributed by atoms with Gasteiger partial charge in [0.25, 0.3) is 0 Å². The minimum absolute atomic E-state index is 0.176. The zero-order chi connectivity index (χ0) is 21.3. The number of nitrogens with one attached hydrogen (secondary N) is 1. The Labute approximate surface area is 185 Å². The van der Waals surface area contributed by atoms with Crippen LogP contribution in [0.4, 0.5) is 0 Å². The van der Waals surface area contributed by atoms with E-state index in [1.165, 1.54) is 0 Å². The lowest BCUT2D eigenvalue weighted by atomic mass is 10.0. The first-order valence-electron chi connectivity index (χ1n) is 9.23. The molecule has 0 saturated carbocycles. The Morgan fingerprint density at radius 2 is 1.70 bits per heavy atom. The number of rotatable bonds is 5. The molecule has 152 valence electrons. The van der Waals surface area contributed by atoms with Crippen molar-refractivity contribution in [2.45, 2.75) is 18.4 Å². The summed E-state index contributed by atoms with van der Waals surface area (Å²) in [5.41, 5.74) is 4.16. The van der Waals surface area contributed by atoms with E-state index in [-0.39, 0.29) is 11.4 Å². The molecule has 0 bridgehead atoms. The summed E-state index contributed by atoms with van der Waals surface area (Å²) >= 11 is 12.3. The van der Waals surface area contributed by atoms with E-state index in [0.29, 0.717) is 10.0 Å². The molecule has 0 atom stereocenters. The van der Waals surface area contributed by atoms with Crippen LogP contribution in [0.1, 0.15) is 11.1 Å². The van der Waals surface area contributed by atoms with Gasteiger partial charge in [0.05, 0.1) is 10.4 Å². The predicted octanol–water partition coefficient (Wildman–Crippen LogP) is 6.00. The number of benzene rings is 3. The van der Waals surface area contributed by atoms with Gasteiger partial charge in [0, 0.05) is 33.7 Å². The summed E-state index contributed by atoms with van der Waals surface area (Å²) in [5.74, 6) is 0. The third-order valence-corrected chi connectivity index (χ3v) is 6.87. The van der Waals surface area contributed by atoms with Crippen molar-refractivity contribution < 1.29 is 8.42 Å². The SMILES string of the molecule is Cc1cc(S(=O)(=O)NCc2ccnc3ccccc23)ccc1-c1ccc(Cl)cc1Cl. The molecule has 0 radical (unpaired) electrons. The van der Waals surface area contributed by atoms with Gasteiger partial charge in [-0.2, -0.15) is 0 Å². The first-order valence-corrected chi connectivity index (χ1v) is 11.5. The molecule has 0 spiro atoms. The maximum atomic E-state index is 12.9. The molecule has 1 heterocycles. The topological polar surface area (TPSA) is 59.1 Å². The number of aryl methyl sites for hydroxylation is 1. The van der Waals surface area contributed by atoms with Crippen LogP contribution in [0.2, 0.25) is 10.0 Å². The van der Waals surface area contributed by atoms with Crippen molar-refractivity contribution in [3.8, 4) is 11.1 Å². The highest BCUT2D eigenvalue weighted by molar-refractivity contribution is 7.89. The average Bonchev–Trinajstić information content (AvgIpc) is 2.73. The Morgan fingerprint density at radius 3 is 2.47 bits per heavy atom. The van der Waals surface area contributed by atoms with Crippen LogP contribution in [-0.4, -0.2) is 13.4 Å². The summed E-state index contributed by atoms with van der Waals surface area (Å²) in [6.07, 6.45) is 1.68. The lowest BCUT2D eigenvalue weighted by Crippen LogP contribution is -2.23. The van der Waals surface area contributed by atoms with Gasteiger partial charge >= 0.3 is 0 Å². The summed E-state index contributed by atoms with van der Waals surface area (Å²) in [4.78, 5) is 4.51. The first kappa shape index (κ1) is 20.8. The van der Waals surface area contributed by atoms with Crippen molar-refractivity contribution in [3.05, 3.63) is 94.1 Å². The van der Waals surface area contributed by atoms with Crippen LogP contribution < -0.4 is 4.72 Å². The van der Waals surface area contributed by atoms with Crippen molar-refractivity contribution in [2.24, 2.45) is 0 Å². The van der Waals surface area contributed by atoms with Crippen molar-refractivity contribution in [3.63, 3.8) is 0 Å². The highest BCUT2D eigenvalue weighted by atomic mass is 35.5. The average molecular weight is 457 g/mol. The molecule has 0 saturated heterocycles. The molecule has 1 N–H and O–H groups in total. The summed E-state index contributed by atoms with van der Waals surface area (Å²) in [6.45, 7) is 2.03. The molecule has 0 aliphatic rings. The van der Waals surface area contributed by atoms with Crippen molar-refractivity contribution in [2.75, 3.05) is 0 Å². The van der Waals surface area contributed by atoms with E-state index in [2.05, 4.69) is 9.71 Å². The van der Waals surface area contributed by atoms with Gasteiger partial charge in [0.1, 0.15) is 0 Å². The number of halogens is 2. The van der Waals surface area contributed by atoms with Crippen LogP contribution in [0.5, 0.6) is 0 Å². The van der Waals surface area contributed by atoms with E-state index >= 15 is 0 Å². The quantitative estimate of drug-likeness (QED) is 0.400. The van der Waals surface area contributed by atoms with E-state index in [4.69, 9.17) is 23.2 Å². The van der Waals surface area contributed by atoms with E-state index in [1.807, 2.05) is 43.3 Å². The van der Waals surface area contributed by atoms with Crippen LogP contribution >= 0.6 is 23.2 Å². The maximum absolute atomic E-state index is 12.9. The largest absolute Gasteiger partial charge is 0.256 e. The van der Waals surface area contributed by atoms with E-state index in [0.717, 1.165) is 33.2 Å². The highest BCUT2D eigenvalue weighted by Crippen LogP contribution is 2.33. The van der Waals surface area contributed by atoms with E-state index in [1.54, 1.807) is 36.5 Å². The number of hydrogen-bond donors (Lipinski definition) is 1. The van der Waals surface area contributed by atoms with Gasteiger partial charge in [-0.1, -0.05) is 53.5 Å². The Morgan fingerprint density at radius 1 is 0.933 bits per heavy atom. The molecular weight excluding hydrogens is 439 g/mol. The summed E-state index contributed by atoms with van der Waals surface area (Å²) in [7, 11) is -3.69. The molecule has 7 heteroatoms. The zero-order valence-corrected chi connectivity index (χ0v) is 18.4. The van der Waals surface area contributed by atoms with Crippen LogP contribution in [0.3, 0.4) is 0 Å². The molecule has 4 rings (SSSR count). The van der Waals surface area contributed by atoms with Crippen LogP contribution in [0.15, 0.2) is 77.8 Å². The minimum atomic E-state index is -3.69. The highest BCUT2D eigenvalue weighted by Gasteiger charge is 2.17. The van der Waals surface area contributed by atoms with Gasteiger partial charge in [-0.3, -0.25) is 4.98 Å². The van der Waals surface area contributed by atoms with E-state index in [9.17, 15) is 8.42 Å². The first-order chi connectivity index (χ1) is 14.3. The molecule has 0 fully saturated rings. The maximum Gasteiger partial charge on any atom is 0.240 e. The summed E-state index contributed by atoms with van der Waals surface area (Å²) < 4.78 is 28.5. The number of nitrogens with zero attached hydrogens (tertiary/aromatic N) is 1. The molecule has 0 aliphatic heterocycles. The van der Waals surface area contributed by atoms with Gasteiger partial charge in [-0.25, -0.2) is 13.1 Å². The minimum Gasteiger partial charge on any atom is -0.256 e. The van der Waals surface area contributed by atoms with Gasteiger partial charge in [0.2, 0.25) is 10.0 Å². The fourth-order valence-electron chi connectivity index (χ4n) is 3.38. The molecule has 4 nitrogen and oxygen atoms in total. The lowest BCUT2D eigenvalue weighted by molar-refractivity contribution is 0.581. The fraction of sp³-hybridized carbons (Fsp3) is 0.0870. The molecule has 0 unspecified atom stereocenters. The number of pyridine rings is 1. The molecule has 30 heavy (non-hydrogen) atoms. The second-order valence-electron chi connectivity index (χ2n) is 6.91. The number of sulfonamides is 1. The molecule has 0 amide bonds. The third kappa shape index (κ3) is 4.20. The van der Waals surface area contributed by atoms with Crippen molar-refractivity contribution >= 4 is 44.1 Å². The zero-order valence-electron chi connectivity index (χ0n) is 16.1. The Hall–Kier alpha value is -2.44. The van der Waals surface area contributed by atoms with Crippen molar-refractivity contribution in [1.29, 1.82) is 0 Å². The smallest absolute Gasteiger partial charge is 0.240 e. The van der Waals surface area contributed by atoms with Gasteiger partial charge in [-0.05, 0) is 60.0 Å².